The molecule has 1 aromatic carbocycles. The Hall–Kier alpha value is -5.05. The lowest BCUT2D eigenvalue weighted by Crippen LogP contribution is -2.57. The number of ether oxygens (including phenoxy) is 2. The van der Waals surface area contributed by atoms with Gasteiger partial charge >= 0.3 is 11.9 Å². The molecule has 2 rings (SSSR count). The Balaban J connectivity index is 2.62. The molecule has 5 amide bonds. The summed E-state index contributed by atoms with van der Waals surface area (Å²) >= 11 is 0. The molecular weight excluding hydrogens is 759 g/mol. The molecule has 0 aliphatic carbocycles. The molecule has 0 unspecified atom stereocenters. The smallest absolute Gasteiger partial charge is 0.334 e. The van der Waals surface area contributed by atoms with E-state index in [1.54, 1.807) is 58.0 Å². The topological polar surface area (TPSA) is 201 Å². The summed E-state index contributed by atoms with van der Waals surface area (Å²) in [5, 5.41) is 19.3. The predicted molar refractivity (Wildman–Crippen MR) is 223 cm³/mol. The van der Waals surface area contributed by atoms with E-state index in [1.807, 2.05) is 26.8 Å². The highest BCUT2D eigenvalue weighted by Gasteiger charge is 2.36. The number of nitrogens with one attached hydrogen (secondary N) is 3. The van der Waals surface area contributed by atoms with Gasteiger partial charge < -0.3 is 40.3 Å². The molecule has 15 heteroatoms. The number of nitrogens with zero attached hydrogens (tertiary/aromatic N) is 2. The van der Waals surface area contributed by atoms with E-state index in [-0.39, 0.29) is 36.7 Å². The summed E-state index contributed by atoms with van der Waals surface area (Å²) in [5.74, 6) is -5.83. The van der Waals surface area contributed by atoms with Gasteiger partial charge in [-0.25, -0.2) is 9.59 Å². The zero-order chi connectivity index (χ0) is 44.7. The summed E-state index contributed by atoms with van der Waals surface area (Å²) < 4.78 is 11.5. The summed E-state index contributed by atoms with van der Waals surface area (Å²) in [4.78, 5) is 98.0. The van der Waals surface area contributed by atoms with Crippen molar-refractivity contribution in [2.45, 2.75) is 137 Å². The molecule has 328 valence electrons. The van der Waals surface area contributed by atoms with Gasteiger partial charge in [-0.2, -0.15) is 0 Å². The third-order valence-corrected chi connectivity index (χ3v) is 10.8. The Bertz CT molecular complexity index is 1700. The number of cyclic esters (lactones) is 2. The fourth-order valence-corrected chi connectivity index (χ4v) is 6.55. The first-order chi connectivity index (χ1) is 27.6. The van der Waals surface area contributed by atoms with Crippen LogP contribution in [0.5, 0.6) is 0 Å². The minimum Gasteiger partial charge on any atom is -0.456 e. The van der Waals surface area contributed by atoms with Gasteiger partial charge in [-0.05, 0) is 70.4 Å². The highest BCUT2D eigenvalue weighted by Crippen LogP contribution is 2.24. The quantitative estimate of drug-likeness (QED) is 0.234. The Morgan fingerprint density at radius 1 is 0.898 bits per heavy atom. The van der Waals surface area contributed by atoms with Crippen molar-refractivity contribution in [3.63, 3.8) is 0 Å². The number of rotatable bonds is 7. The van der Waals surface area contributed by atoms with Crippen LogP contribution in [0.15, 0.2) is 53.6 Å². The SMILES string of the molecule is C/C=C(\C)[C@H]1OC(=O)[C@H](C)NC(=O)[C@H]([C@@H](C)CC)NC(=O)CN(C)C(=O)[C@@H](Cc2ccccc2)N(C)C(=O)[C@H](C)NC(=O)[C@@H](CC(C)C)OC(=O)/C(C)=C/C[C@H](O)[C@@H]1C. The van der Waals surface area contributed by atoms with Crippen LogP contribution in [0.1, 0.15) is 94.1 Å². The molecule has 15 nitrogen and oxygen atoms in total. The van der Waals surface area contributed by atoms with Crippen molar-refractivity contribution in [3.05, 3.63) is 59.2 Å². The molecule has 4 N–H and O–H groups in total. The number of aliphatic hydroxyl groups excluding tert-OH is 1. The molecule has 0 spiro atoms. The van der Waals surface area contributed by atoms with E-state index in [0.29, 0.717) is 12.0 Å². The van der Waals surface area contributed by atoms with Crippen molar-refractivity contribution in [3.8, 4) is 0 Å². The fraction of sp³-hybridized carbons (Fsp3) is 0.614. The van der Waals surface area contributed by atoms with Gasteiger partial charge in [-0.3, -0.25) is 24.0 Å². The van der Waals surface area contributed by atoms with E-state index in [0.717, 1.165) is 5.56 Å². The number of allylic oxidation sites excluding steroid dienone is 1. The number of carbonyl (C=O) groups is 7. The van der Waals surface area contributed by atoms with E-state index >= 15 is 0 Å². The van der Waals surface area contributed by atoms with Crippen LogP contribution >= 0.6 is 0 Å². The molecule has 0 saturated carbocycles. The van der Waals surface area contributed by atoms with E-state index in [2.05, 4.69) is 16.0 Å². The Morgan fingerprint density at radius 2 is 1.51 bits per heavy atom. The van der Waals surface area contributed by atoms with Crippen molar-refractivity contribution >= 4 is 41.5 Å². The third kappa shape index (κ3) is 14.9. The standard InChI is InChI=1S/C44H67N5O10/c1-13-26(5)37-40(53)46-31(10)44(57)59-38(27(6)14-2)29(8)34(50)21-20-28(7)43(56)58-35(22-25(3)4)39(52)45-30(9)41(54)49(12)33(23-32-18-16-15-17-19-32)42(55)48(11)24-36(51)47-37/h14-20,25-26,29-31,33-35,37-38,50H,13,21-24H2,1-12H3,(H,45,52)(H,46,53)(H,47,51)/b27-14+,28-20+/t26-,29-,30-,31-,33+,34-,35+,37-,38+/m0/s1. The van der Waals surface area contributed by atoms with E-state index in [9.17, 15) is 38.7 Å². The molecule has 9 atom stereocenters. The van der Waals surface area contributed by atoms with Crippen LogP contribution < -0.4 is 16.0 Å². The van der Waals surface area contributed by atoms with Crippen LogP contribution in [0.3, 0.4) is 0 Å². The minimum atomic E-state index is -1.26. The monoisotopic (exact) mass is 825 g/mol. The van der Waals surface area contributed by atoms with Gasteiger partial charge in [0.15, 0.2) is 6.10 Å². The Morgan fingerprint density at radius 3 is 2.08 bits per heavy atom. The number of likely N-dealkylation sites (N-methyl/N-ethyl adjacent to an activating group) is 2. The van der Waals surface area contributed by atoms with Crippen LogP contribution in [0.4, 0.5) is 0 Å². The van der Waals surface area contributed by atoms with Gasteiger partial charge in [0.25, 0.3) is 5.91 Å². The average Bonchev–Trinajstić information content (AvgIpc) is 3.20. The Labute approximate surface area is 349 Å². The minimum absolute atomic E-state index is 0.0211. The van der Waals surface area contributed by atoms with E-state index in [1.165, 1.54) is 50.7 Å². The van der Waals surface area contributed by atoms with Crippen molar-refractivity contribution in [1.29, 1.82) is 0 Å². The van der Waals surface area contributed by atoms with Gasteiger partial charge in [0, 0.05) is 32.0 Å². The molecule has 0 saturated heterocycles. The van der Waals surface area contributed by atoms with Crippen LogP contribution in [0.25, 0.3) is 0 Å². The zero-order valence-corrected chi connectivity index (χ0v) is 36.9. The van der Waals surface area contributed by atoms with Crippen molar-refractivity contribution < 1.29 is 48.1 Å². The van der Waals surface area contributed by atoms with Crippen molar-refractivity contribution in [1.82, 2.24) is 25.8 Å². The first kappa shape index (κ1) is 50.1. The number of benzene rings is 1. The molecule has 0 fully saturated rings. The van der Waals surface area contributed by atoms with Crippen LogP contribution in [0.2, 0.25) is 0 Å². The molecule has 0 aromatic heterocycles. The van der Waals surface area contributed by atoms with Crippen LogP contribution in [0, 0.1) is 17.8 Å². The van der Waals surface area contributed by atoms with Crippen molar-refractivity contribution in [2.24, 2.45) is 17.8 Å². The van der Waals surface area contributed by atoms with Gasteiger partial charge in [0.1, 0.15) is 30.3 Å². The lowest BCUT2D eigenvalue weighted by atomic mass is 9.90. The number of esters is 2. The molecule has 0 radical (unpaired) electrons. The van der Waals surface area contributed by atoms with Crippen molar-refractivity contribution in [2.75, 3.05) is 20.6 Å². The first-order valence-electron chi connectivity index (χ1n) is 20.5. The largest absolute Gasteiger partial charge is 0.456 e. The Kier molecular flexibility index (Phi) is 20.0. The number of amides is 5. The molecular formula is C44H67N5O10. The number of hydrogen-bond acceptors (Lipinski definition) is 10. The summed E-state index contributed by atoms with van der Waals surface area (Å²) in [6.45, 7) is 16.5. The molecule has 1 aliphatic heterocycles. The number of hydrogen-bond donors (Lipinski definition) is 4. The molecule has 59 heavy (non-hydrogen) atoms. The fourth-order valence-electron chi connectivity index (χ4n) is 6.55. The zero-order valence-electron chi connectivity index (χ0n) is 36.9. The van der Waals surface area contributed by atoms with Crippen LogP contribution in [-0.2, 0) is 49.5 Å². The summed E-state index contributed by atoms with van der Waals surface area (Å²) in [6.07, 6.45) is 0.687. The average molecular weight is 826 g/mol. The highest BCUT2D eigenvalue weighted by atomic mass is 16.6. The second-order valence-electron chi connectivity index (χ2n) is 16.2. The van der Waals surface area contributed by atoms with Gasteiger partial charge in [-0.15, -0.1) is 0 Å². The summed E-state index contributed by atoms with van der Waals surface area (Å²) in [5.41, 5.74) is 1.51. The highest BCUT2D eigenvalue weighted by molar-refractivity contribution is 5.96. The maximum atomic E-state index is 14.1. The number of aliphatic hydroxyl groups is 1. The van der Waals surface area contributed by atoms with E-state index < -0.39 is 96.4 Å². The van der Waals surface area contributed by atoms with E-state index in [4.69, 9.17) is 9.47 Å². The summed E-state index contributed by atoms with van der Waals surface area (Å²) in [6, 6.07) is 4.53. The molecule has 0 bridgehead atoms. The van der Waals surface area contributed by atoms with Gasteiger partial charge in [0.2, 0.25) is 23.6 Å². The molecule has 1 aliphatic rings. The number of carbonyl (C=O) groups excluding carboxylic acids is 7. The summed E-state index contributed by atoms with van der Waals surface area (Å²) in [7, 11) is 2.85. The second-order valence-corrected chi connectivity index (χ2v) is 16.2. The first-order valence-corrected chi connectivity index (χ1v) is 20.5. The third-order valence-electron chi connectivity index (χ3n) is 10.8. The maximum absolute atomic E-state index is 14.1. The second kappa shape index (κ2) is 23.5. The predicted octanol–water partition coefficient (Wildman–Crippen LogP) is 3.24. The maximum Gasteiger partial charge on any atom is 0.334 e. The van der Waals surface area contributed by atoms with Crippen LogP contribution in [-0.4, -0.2) is 120 Å². The van der Waals surface area contributed by atoms with Gasteiger partial charge in [-0.1, -0.05) is 83.5 Å². The van der Waals surface area contributed by atoms with Gasteiger partial charge in [0.05, 0.1) is 12.6 Å². The lowest BCUT2D eigenvalue weighted by molar-refractivity contribution is -0.155. The lowest BCUT2D eigenvalue weighted by Gasteiger charge is -2.33. The molecule has 1 heterocycles. The normalized spacial score (nSPS) is 28.8. The molecule has 1 aromatic rings.